The van der Waals surface area contributed by atoms with Gasteiger partial charge in [0.2, 0.25) is 0 Å². The molecule has 0 aliphatic carbocycles. The molecule has 1 amide bonds. The Hall–Kier alpha value is -3.38. The molecule has 5 nitrogen and oxygen atoms in total. The van der Waals surface area contributed by atoms with Crippen LogP contribution in [0.4, 0.5) is 5.69 Å². The Labute approximate surface area is 180 Å². The number of amides is 1. The molecule has 150 valence electrons. The number of carbonyl (C=O) groups is 1. The van der Waals surface area contributed by atoms with Crippen molar-refractivity contribution in [3.05, 3.63) is 95.6 Å². The Morgan fingerprint density at radius 2 is 1.63 bits per heavy atom. The first-order chi connectivity index (χ1) is 14.6. The van der Waals surface area contributed by atoms with Crippen LogP contribution >= 0.6 is 11.8 Å². The number of benzene rings is 3. The summed E-state index contributed by atoms with van der Waals surface area (Å²) in [4.78, 5) is 12.4. The second-order valence-corrected chi connectivity index (χ2v) is 7.98. The molecule has 4 aromatic rings. The highest BCUT2D eigenvalue weighted by Gasteiger charge is 2.12. The summed E-state index contributed by atoms with van der Waals surface area (Å²) in [5, 5.41) is 12.5. The lowest BCUT2D eigenvalue weighted by Gasteiger charge is -2.07. The first kappa shape index (κ1) is 19.9. The highest BCUT2D eigenvalue weighted by molar-refractivity contribution is 7.98. The standard InChI is InChI=1S/C24H22N4OS/c1-17-8-10-20(11-9-17)23(29)25-21-14-12-19(13-15-21)22-26-27-24(28(22)2)30-16-18-6-4-3-5-7-18/h3-15H,16H2,1-2H3,(H,25,29). The van der Waals surface area contributed by atoms with Crippen LogP contribution in [0.5, 0.6) is 0 Å². The molecule has 0 aliphatic heterocycles. The predicted octanol–water partition coefficient (Wildman–Crippen LogP) is 5.34. The minimum Gasteiger partial charge on any atom is -0.322 e. The minimum absolute atomic E-state index is 0.124. The van der Waals surface area contributed by atoms with Crippen molar-refractivity contribution in [1.29, 1.82) is 0 Å². The Bertz CT molecular complexity index is 1140. The van der Waals surface area contributed by atoms with Gasteiger partial charge in [-0.25, -0.2) is 0 Å². The van der Waals surface area contributed by atoms with Crippen molar-refractivity contribution in [2.45, 2.75) is 17.8 Å². The van der Waals surface area contributed by atoms with Gasteiger partial charge in [0.15, 0.2) is 11.0 Å². The van der Waals surface area contributed by atoms with E-state index in [9.17, 15) is 4.79 Å². The number of hydrogen-bond acceptors (Lipinski definition) is 4. The van der Waals surface area contributed by atoms with E-state index in [1.54, 1.807) is 11.8 Å². The fourth-order valence-corrected chi connectivity index (χ4v) is 3.89. The van der Waals surface area contributed by atoms with E-state index in [1.165, 1.54) is 5.56 Å². The fraction of sp³-hybridized carbons (Fsp3) is 0.125. The molecule has 0 saturated carbocycles. The second-order valence-electron chi connectivity index (χ2n) is 7.04. The van der Waals surface area contributed by atoms with Gasteiger partial charge in [-0.1, -0.05) is 59.8 Å². The molecule has 1 aromatic heterocycles. The van der Waals surface area contributed by atoms with Gasteiger partial charge in [0.1, 0.15) is 0 Å². The minimum atomic E-state index is -0.124. The number of nitrogens with zero attached hydrogens (tertiary/aromatic N) is 3. The summed E-state index contributed by atoms with van der Waals surface area (Å²) in [6, 6.07) is 25.5. The number of thioether (sulfide) groups is 1. The lowest BCUT2D eigenvalue weighted by molar-refractivity contribution is 0.102. The highest BCUT2D eigenvalue weighted by Crippen LogP contribution is 2.26. The van der Waals surface area contributed by atoms with E-state index in [0.717, 1.165) is 33.5 Å². The molecular formula is C24H22N4OS. The van der Waals surface area contributed by atoms with E-state index in [-0.39, 0.29) is 5.91 Å². The number of hydrogen-bond donors (Lipinski definition) is 1. The Kier molecular flexibility index (Phi) is 5.95. The molecule has 0 radical (unpaired) electrons. The summed E-state index contributed by atoms with van der Waals surface area (Å²) in [6.45, 7) is 2.00. The average molecular weight is 415 g/mol. The van der Waals surface area contributed by atoms with Crippen LogP contribution in [0.15, 0.2) is 84.0 Å². The molecular weight excluding hydrogens is 392 g/mol. The number of rotatable bonds is 6. The first-order valence-corrected chi connectivity index (χ1v) is 10.6. The zero-order valence-corrected chi connectivity index (χ0v) is 17.7. The maximum absolute atomic E-state index is 12.4. The third-order valence-corrected chi connectivity index (χ3v) is 5.85. The van der Waals surface area contributed by atoms with Crippen molar-refractivity contribution in [2.75, 3.05) is 5.32 Å². The Morgan fingerprint density at radius 1 is 0.933 bits per heavy atom. The number of nitrogens with one attached hydrogen (secondary N) is 1. The molecule has 3 aromatic carbocycles. The Morgan fingerprint density at radius 3 is 2.33 bits per heavy atom. The van der Waals surface area contributed by atoms with Crippen molar-refractivity contribution in [1.82, 2.24) is 14.8 Å². The van der Waals surface area contributed by atoms with E-state index in [2.05, 4.69) is 27.6 Å². The van der Waals surface area contributed by atoms with Crippen LogP contribution < -0.4 is 5.32 Å². The van der Waals surface area contributed by atoms with Crippen molar-refractivity contribution < 1.29 is 4.79 Å². The number of carbonyl (C=O) groups excluding carboxylic acids is 1. The lowest BCUT2D eigenvalue weighted by atomic mass is 10.1. The SMILES string of the molecule is Cc1ccc(C(=O)Nc2ccc(-c3nnc(SCc4ccccc4)n3C)cc2)cc1. The maximum atomic E-state index is 12.4. The molecule has 1 heterocycles. The zero-order chi connectivity index (χ0) is 20.9. The molecule has 0 bridgehead atoms. The van der Waals surface area contributed by atoms with E-state index >= 15 is 0 Å². The molecule has 0 fully saturated rings. The second kappa shape index (κ2) is 8.97. The van der Waals surface area contributed by atoms with Crippen molar-refractivity contribution in [3.63, 3.8) is 0 Å². The molecule has 0 atom stereocenters. The number of anilines is 1. The van der Waals surface area contributed by atoms with Crippen molar-refractivity contribution >= 4 is 23.4 Å². The summed E-state index contributed by atoms with van der Waals surface area (Å²) in [6.07, 6.45) is 0. The number of aryl methyl sites for hydroxylation is 1. The Balaban J connectivity index is 1.43. The third-order valence-electron chi connectivity index (χ3n) is 4.76. The molecule has 6 heteroatoms. The molecule has 4 rings (SSSR count). The summed E-state index contributed by atoms with van der Waals surface area (Å²) in [5.74, 6) is 1.51. The van der Waals surface area contributed by atoms with Crippen molar-refractivity contribution in [2.24, 2.45) is 7.05 Å². The molecule has 30 heavy (non-hydrogen) atoms. The topological polar surface area (TPSA) is 59.8 Å². The van der Waals surface area contributed by atoms with Crippen LogP contribution in [-0.4, -0.2) is 20.7 Å². The van der Waals surface area contributed by atoms with Crippen LogP contribution in [-0.2, 0) is 12.8 Å². The van der Waals surface area contributed by atoms with Crippen LogP contribution in [0.2, 0.25) is 0 Å². The third kappa shape index (κ3) is 4.60. The van der Waals surface area contributed by atoms with Gasteiger partial charge in [-0.15, -0.1) is 10.2 Å². The van der Waals surface area contributed by atoms with Gasteiger partial charge >= 0.3 is 0 Å². The van der Waals surface area contributed by atoms with Crippen LogP contribution in [0.1, 0.15) is 21.5 Å². The largest absolute Gasteiger partial charge is 0.322 e. The smallest absolute Gasteiger partial charge is 0.255 e. The predicted molar refractivity (Wildman–Crippen MR) is 122 cm³/mol. The van der Waals surface area contributed by atoms with Gasteiger partial charge < -0.3 is 9.88 Å². The highest BCUT2D eigenvalue weighted by atomic mass is 32.2. The van der Waals surface area contributed by atoms with E-state index in [0.29, 0.717) is 5.56 Å². The van der Waals surface area contributed by atoms with Gasteiger partial charge in [0.25, 0.3) is 5.91 Å². The fourth-order valence-electron chi connectivity index (χ4n) is 3.02. The summed E-state index contributed by atoms with van der Waals surface area (Å²) in [5.41, 5.74) is 4.70. The van der Waals surface area contributed by atoms with Crippen LogP contribution in [0.3, 0.4) is 0 Å². The monoisotopic (exact) mass is 414 g/mol. The summed E-state index contributed by atoms with van der Waals surface area (Å²) >= 11 is 1.66. The number of aromatic nitrogens is 3. The zero-order valence-electron chi connectivity index (χ0n) is 16.9. The average Bonchev–Trinajstić information content (AvgIpc) is 3.14. The van der Waals surface area contributed by atoms with Gasteiger partial charge in [0.05, 0.1) is 0 Å². The van der Waals surface area contributed by atoms with Crippen LogP contribution in [0.25, 0.3) is 11.4 Å². The molecule has 0 saturated heterocycles. The van der Waals surface area contributed by atoms with Crippen LogP contribution in [0, 0.1) is 6.92 Å². The van der Waals surface area contributed by atoms with E-state index < -0.39 is 0 Å². The molecule has 0 aliphatic rings. The molecule has 0 spiro atoms. The van der Waals surface area contributed by atoms with E-state index in [1.807, 2.05) is 85.3 Å². The quantitative estimate of drug-likeness (QED) is 0.433. The van der Waals surface area contributed by atoms with Gasteiger partial charge in [0, 0.05) is 29.6 Å². The maximum Gasteiger partial charge on any atom is 0.255 e. The van der Waals surface area contributed by atoms with Gasteiger partial charge in [-0.2, -0.15) is 0 Å². The molecule has 0 unspecified atom stereocenters. The first-order valence-electron chi connectivity index (χ1n) is 9.65. The summed E-state index contributed by atoms with van der Waals surface area (Å²) < 4.78 is 1.99. The van der Waals surface area contributed by atoms with Crippen molar-refractivity contribution in [3.8, 4) is 11.4 Å². The molecule has 1 N–H and O–H groups in total. The summed E-state index contributed by atoms with van der Waals surface area (Å²) in [7, 11) is 1.97. The van der Waals surface area contributed by atoms with E-state index in [4.69, 9.17) is 0 Å². The van der Waals surface area contributed by atoms with Gasteiger partial charge in [-0.05, 0) is 48.9 Å². The van der Waals surface area contributed by atoms with Gasteiger partial charge in [-0.3, -0.25) is 4.79 Å². The lowest BCUT2D eigenvalue weighted by Crippen LogP contribution is -2.11. The normalized spacial score (nSPS) is 10.7.